The Labute approximate surface area is 83.8 Å². The van der Waals surface area contributed by atoms with Gasteiger partial charge in [-0.25, -0.2) is 8.78 Å². The molecule has 0 saturated heterocycles. The summed E-state index contributed by atoms with van der Waals surface area (Å²) in [6, 6.07) is 5.25. The Bertz CT molecular complexity index is 289. The molecule has 0 amide bonds. The Morgan fingerprint density at radius 2 is 2.15 bits per heavy atom. The maximum Gasteiger partial charge on any atom is 0.272 e. The highest BCUT2D eigenvalue weighted by molar-refractivity contribution is 9.10. The van der Waals surface area contributed by atoms with Crippen molar-refractivity contribution in [1.29, 1.82) is 0 Å². The number of benzene rings is 1. The largest absolute Gasteiger partial charge is 0.487 e. The van der Waals surface area contributed by atoms with Crippen LogP contribution in [0.3, 0.4) is 0 Å². The van der Waals surface area contributed by atoms with Crippen molar-refractivity contribution in [3.63, 3.8) is 0 Å². The van der Waals surface area contributed by atoms with E-state index in [0.29, 0.717) is 5.75 Å². The summed E-state index contributed by atoms with van der Waals surface area (Å²) in [5, 5.41) is 0. The minimum absolute atomic E-state index is 0.495. The summed E-state index contributed by atoms with van der Waals surface area (Å²) in [6.45, 7) is 1.25. The second-order valence-corrected chi connectivity index (χ2v) is 3.42. The van der Waals surface area contributed by atoms with Gasteiger partial charge in [-0.3, -0.25) is 0 Å². The molecule has 0 atom stereocenters. The molecule has 0 N–H and O–H groups in total. The molecule has 13 heavy (non-hydrogen) atoms. The van der Waals surface area contributed by atoms with Crippen molar-refractivity contribution in [2.24, 2.45) is 0 Å². The monoisotopic (exact) mass is 250 g/mol. The zero-order valence-corrected chi connectivity index (χ0v) is 8.64. The van der Waals surface area contributed by atoms with Gasteiger partial charge in [-0.1, -0.05) is 22.0 Å². The van der Waals surface area contributed by atoms with Gasteiger partial charge < -0.3 is 4.74 Å². The average Bonchev–Trinajstić information content (AvgIpc) is 2.07. The molecule has 0 aromatic heterocycles. The van der Waals surface area contributed by atoms with E-state index in [4.69, 9.17) is 4.74 Å². The third kappa shape index (κ3) is 2.95. The zero-order chi connectivity index (χ0) is 9.84. The predicted octanol–water partition coefficient (Wildman–Crippen LogP) is 3.40. The topological polar surface area (TPSA) is 9.23 Å². The molecule has 0 aliphatic rings. The first kappa shape index (κ1) is 10.4. The highest BCUT2D eigenvalue weighted by Gasteiger charge is 2.06. The first-order chi connectivity index (χ1) is 6.11. The van der Waals surface area contributed by atoms with Crippen LogP contribution in [0.4, 0.5) is 8.78 Å². The van der Waals surface area contributed by atoms with Gasteiger partial charge in [0.25, 0.3) is 6.43 Å². The van der Waals surface area contributed by atoms with Crippen molar-refractivity contribution < 1.29 is 13.5 Å². The minimum atomic E-state index is -2.43. The van der Waals surface area contributed by atoms with Crippen LogP contribution >= 0.6 is 15.9 Å². The molecule has 72 valence electrons. The van der Waals surface area contributed by atoms with Gasteiger partial charge in [0.15, 0.2) is 0 Å². The van der Waals surface area contributed by atoms with Crippen LogP contribution in [0.2, 0.25) is 0 Å². The second kappa shape index (κ2) is 4.56. The van der Waals surface area contributed by atoms with E-state index in [1.807, 2.05) is 13.0 Å². The number of ether oxygens (including phenoxy) is 1. The molecule has 1 aromatic carbocycles. The number of hydrogen-bond acceptors (Lipinski definition) is 1. The summed E-state index contributed by atoms with van der Waals surface area (Å²) in [5.74, 6) is 0.495. The molecule has 1 rings (SSSR count). The third-order valence-corrected chi connectivity index (χ3v) is 2.44. The number of halogens is 3. The van der Waals surface area contributed by atoms with Gasteiger partial charge in [-0.15, -0.1) is 0 Å². The molecule has 0 unspecified atom stereocenters. The lowest BCUT2D eigenvalue weighted by Gasteiger charge is -2.09. The van der Waals surface area contributed by atoms with Crippen LogP contribution in [-0.4, -0.2) is 13.0 Å². The second-order valence-electron chi connectivity index (χ2n) is 2.57. The molecule has 0 bridgehead atoms. The van der Waals surface area contributed by atoms with Crippen LogP contribution in [0.15, 0.2) is 22.7 Å². The predicted molar refractivity (Wildman–Crippen MR) is 50.4 cm³/mol. The summed E-state index contributed by atoms with van der Waals surface area (Å²) >= 11 is 3.29. The molecule has 4 heteroatoms. The van der Waals surface area contributed by atoms with Crippen molar-refractivity contribution in [2.75, 3.05) is 6.61 Å². The van der Waals surface area contributed by atoms with Crippen LogP contribution in [0.25, 0.3) is 0 Å². The molecule has 0 saturated carbocycles. The van der Waals surface area contributed by atoms with Gasteiger partial charge in [0.05, 0.1) is 0 Å². The Hall–Kier alpha value is -0.640. The highest BCUT2D eigenvalue weighted by Crippen LogP contribution is 2.25. The van der Waals surface area contributed by atoms with E-state index in [1.165, 1.54) is 0 Å². The molecule has 0 aliphatic heterocycles. The van der Waals surface area contributed by atoms with Gasteiger partial charge in [-0.2, -0.15) is 0 Å². The van der Waals surface area contributed by atoms with E-state index in [9.17, 15) is 8.78 Å². The molecule has 1 nitrogen and oxygen atoms in total. The molecule has 0 aliphatic carbocycles. The fraction of sp³-hybridized carbons (Fsp3) is 0.333. The summed E-state index contributed by atoms with van der Waals surface area (Å²) < 4.78 is 29.4. The fourth-order valence-electron chi connectivity index (χ4n) is 0.897. The molecule has 0 heterocycles. The van der Waals surface area contributed by atoms with Gasteiger partial charge in [0.1, 0.15) is 12.4 Å². The van der Waals surface area contributed by atoms with Gasteiger partial charge in [0, 0.05) is 10.0 Å². The van der Waals surface area contributed by atoms with Gasteiger partial charge >= 0.3 is 0 Å². The van der Waals surface area contributed by atoms with E-state index in [-0.39, 0.29) is 0 Å². The zero-order valence-electron chi connectivity index (χ0n) is 7.06. The van der Waals surface area contributed by atoms with Crippen molar-refractivity contribution in [2.45, 2.75) is 13.3 Å². The molecule has 1 aromatic rings. The summed E-state index contributed by atoms with van der Waals surface area (Å²) in [5.41, 5.74) is 0.836. The Balaban J connectivity index is 2.71. The highest BCUT2D eigenvalue weighted by atomic mass is 79.9. The van der Waals surface area contributed by atoms with Crippen LogP contribution in [0.5, 0.6) is 5.75 Å². The third-order valence-electron chi connectivity index (χ3n) is 1.58. The van der Waals surface area contributed by atoms with Crippen molar-refractivity contribution >= 4 is 15.9 Å². The van der Waals surface area contributed by atoms with Crippen molar-refractivity contribution in [3.8, 4) is 5.75 Å². The normalized spacial score (nSPS) is 10.5. The Morgan fingerprint density at radius 3 is 2.77 bits per heavy atom. The summed E-state index contributed by atoms with van der Waals surface area (Å²) in [7, 11) is 0. The van der Waals surface area contributed by atoms with Crippen LogP contribution < -0.4 is 4.74 Å². The summed E-state index contributed by atoms with van der Waals surface area (Å²) in [4.78, 5) is 0. The molecule has 0 fully saturated rings. The van der Waals surface area contributed by atoms with Crippen molar-refractivity contribution in [1.82, 2.24) is 0 Å². The van der Waals surface area contributed by atoms with Gasteiger partial charge in [-0.05, 0) is 19.1 Å². The van der Waals surface area contributed by atoms with E-state index < -0.39 is 13.0 Å². The van der Waals surface area contributed by atoms with Gasteiger partial charge in [0.2, 0.25) is 0 Å². The lowest BCUT2D eigenvalue weighted by atomic mass is 10.2. The summed E-state index contributed by atoms with van der Waals surface area (Å²) in [6.07, 6.45) is -2.43. The molecular formula is C9H9BrF2O. The SMILES string of the molecule is Cc1c(Br)cccc1OCC(F)F. The number of rotatable bonds is 3. The molecule has 0 spiro atoms. The minimum Gasteiger partial charge on any atom is -0.487 e. The van der Waals surface area contributed by atoms with E-state index >= 15 is 0 Å². The number of hydrogen-bond donors (Lipinski definition) is 0. The smallest absolute Gasteiger partial charge is 0.272 e. The standard InChI is InChI=1S/C9H9BrF2O/c1-6-7(10)3-2-4-8(6)13-5-9(11)12/h2-4,9H,5H2,1H3. The average molecular weight is 251 g/mol. The maximum atomic E-state index is 11.8. The quantitative estimate of drug-likeness (QED) is 0.799. The van der Waals surface area contributed by atoms with E-state index in [0.717, 1.165) is 10.0 Å². The Kier molecular flexibility index (Phi) is 3.66. The van der Waals surface area contributed by atoms with Crippen LogP contribution in [0, 0.1) is 6.92 Å². The van der Waals surface area contributed by atoms with Crippen LogP contribution in [0.1, 0.15) is 5.56 Å². The lowest BCUT2D eigenvalue weighted by molar-refractivity contribution is 0.0815. The first-order valence-electron chi connectivity index (χ1n) is 3.77. The first-order valence-corrected chi connectivity index (χ1v) is 4.56. The van der Waals surface area contributed by atoms with E-state index in [2.05, 4.69) is 15.9 Å². The maximum absolute atomic E-state index is 11.8. The lowest BCUT2D eigenvalue weighted by Crippen LogP contribution is -2.07. The van der Waals surface area contributed by atoms with Crippen LogP contribution in [-0.2, 0) is 0 Å². The molecular weight excluding hydrogens is 242 g/mol. The van der Waals surface area contributed by atoms with Crippen molar-refractivity contribution in [3.05, 3.63) is 28.2 Å². The van der Waals surface area contributed by atoms with E-state index in [1.54, 1.807) is 12.1 Å². The molecule has 0 radical (unpaired) electrons. The number of alkyl halides is 2. The Morgan fingerprint density at radius 1 is 1.46 bits per heavy atom. The fourth-order valence-corrected chi connectivity index (χ4v) is 1.24.